The number of hydrogen-bond acceptors (Lipinski definition) is 3. The summed E-state index contributed by atoms with van der Waals surface area (Å²) in [6.45, 7) is 0.0952. The molecule has 0 spiro atoms. The number of aryl methyl sites for hydroxylation is 1. The van der Waals surface area contributed by atoms with Crippen molar-refractivity contribution < 1.29 is 4.39 Å². The molecular weight excluding hydrogens is 225 g/mol. The molecular formula is C11H12FN3O2. The summed E-state index contributed by atoms with van der Waals surface area (Å²) < 4.78 is 15.5. The van der Waals surface area contributed by atoms with Gasteiger partial charge in [-0.2, -0.15) is 0 Å². The van der Waals surface area contributed by atoms with Gasteiger partial charge < -0.3 is 5.32 Å². The van der Waals surface area contributed by atoms with Gasteiger partial charge in [0.1, 0.15) is 5.82 Å². The Bertz CT molecular complexity index is 687. The van der Waals surface area contributed by atoms with Crippen molar-refractivity contribution in [2.45, 2.75) is 6.67 Å². The maximum absolute atomic E-state index is 13.1. The lowest BCUT2D eigenvalue weighted by Crippen LogP contribution is -2.41. The molecule has 5 nitrogen and oxygen atoms in total. The zero-order chi connectivity index (χ0) is 12.6. The van der Waals surface area contributed by atoms with Crippen LogP contribution < -0.4 is 16.6 Å². The quantitative estimate of drug-likeness (QED) is 0.801. The van der Waals surface area contributed by atoms with Crippen LogP contribution in [0, 0.1) is 5.82 Å². The zero-order valence-electron chi connectivity index (χ0n) is 9.53. The van der Waals surface area contributed by atoms with Crippen LogP contribution in [0.25, 0.3) is 10.9 Å². The van der Waals surface area contributed by atoms with E-state index in [0.717, 1.165) is 10.6 Å². The van der Waals surface area contributed by atoms with Crippen molar-refractivity contribution in [3.63, 3.8) is 0 Å². The van der Waals surface area contributed by atoms with E-state index in [1.54, 1.807) is 14.1 Å². The predicted molar refractivity (Wildman–Crippen MR) is 62.5 cm³/mol. The highest BCUT2D eigenvalue weighted by molar-refractivity contribution is 5.77. The Balaban J connectivity index is 2.96. The van der Waals surface area contributed by atoms with E-state index in [9.17, 15) is 14.0 Å². The van der Waals surface area contributed by atoms with Gasteiger partial charge in [0.15, 0.2) is 0 Å². The summed E-state index contributed by atoms with van der Waals surface area (Å²) in [7, 11) is 3.18. The van der Waals surface area contributed by atoms with Gasteiger partial charge in [0.05, 0.1) is 17.6 Å². The Labute approximate surface area is 96.1 Å². The highest BCUT2D eigenvalue weighted by Crippen LogP contribution is 2.08. The minimum Gasteiger partial charge on any atom is -0.302 e. The average Bonchev–Trinajstić information content (AvgIpc) is 2.32. The molecule has 2 aromatic rings. The number of nitrogens with one attached hydrogen (secondary N) is 1. The van der Waals surface area contributed by atoms with Gasteiger partial charge in [0, 0.05) is 7.05 Å². The number of benzene rings is 1. The Hall–Kier alpha value is -1.95. The van der Waals surface area contributed by atoms with E-state index in [0.29, 0.717) is 5.52 Å². The minimum absolute atomic E-state index is 0.0952. The van der Waals surface area contributed by atoms with Gasteiger partial charge in [-0.15, -0.1) is 0 Å². The van der Waals surface area contributed by atoms with Crippen molar-refractivity contribution in [3.05, 3.63) is 44.9 Å². The summed E-state index contributed by atoms with van der Waals surface area (Å²) in [5, 5.41) is 2.92. The molecule has 2 rings (SSSR count). The number of aromatic nitrogens is 2. The standard InChI is InChI=1S/C11H12FN3O2/c1-13-6-15-10(16)8-5-7(12)3-4-9(8)14(2)11(15)17/h3-5,13H,6H2,1-2H3. The van der Waals surface area contributed by atoms with Crippen LogP contribution in [0.5, 0.6) is 0 Å². The van der Waals surface area contributed by atoms with Crippen LogP contribution in [-0.4, -0.2) is 16.2 Å². The van der Waals surface area contributed by atoms with Gasteiger partial charge in [0.25, 0.3) is 5.56 Å². The van der Waals surface area contributed by atoms with Crippen molar-refractivity contribution >= 4 is 10.9 Å². The highest BCUT2D eigenvalue weighted by atomic mass is 19.1. The van der Waals surface area contributed by atoms with Crippen molar-refractivity contribution in [1.29, 1.82) is 0 Å². The Kier molecular flexibility index (Phi) is 2.81. The topological polar surface area (TPSA) is 56.0 Å². The van der Waals surface area contributed by atoms with Gasteiger partial charge in [0.2, 0.25) is 0 Å². The molecule has 6 heteroatoms. The lowest BCUT2D eigenvalue weighted by molar-refractivity contribution is 0.552. The molecule has 0 fully saturated rings. The van der Waals surface area contributed by atoms with E-state index < -0.39 is 17.1 Å². The third-order valence-corrected chi connectivity index (χ3v) is 2.63. The zero-order valence-corrected chi connectivity index (χ0v) is 9.53. The van der Waals surface area contributed by atoms with E-state index in [2.05, 4.69) is 5.32 Å². The van der Waals surface area contributed by atoms with Crippen LogP contribution >= 0.6 is 0 Å². The first-order chi connectivity index (χ1) is 8.06. The van der Waals surface area contributed by atoms with E-state index >= 15 is 0 Å². The largest absolute Gasteiger partial charge is 0.332 e. The van der Waals surface area contributed by atoms with E-state index in [4.69, 9.17) is 0 Å². The number of hydrogen-bond donors (Lipinski definition) is 1. The van der Waals surface area contributed by atoms with Crippen LogP contribution in [0.1, 0.15) is 0 Å². The van der Waals surface area contributed by atoms with Crippen LogP contribution in [0.2, 0.25) is 0 Å². The highest BCUT2D eigenvalue weighted by Gasteiger charge is 2.10. The minimum atomic E-state index is -0.496. The molecule has 1 N–H and O–H groups in total. The lowest BCUT2D eigenvalue weighted by atomic mass is 10.2. The second-order valence-electron chi connectivity index (χ2n) is 3.75. The molecule has 0 radical (unpaired) electrons. The first kappa shape index (κ1) is 11.5. The molecule has 1 aromatic carbocycles. The molecule has 1 aromatic heterocycles. The smallest absolute Gasteiger partial charge is 0.302 e. The fourth-order valence-electron chi connectivity index (χ4n) is 1.79. The van der Waals surface area contributed by atoms with E-state index in [1.807, 2.05) is 0 Å². The van der Waals surface area contributed by atoms with Gasteiger partial charge in [-0.25, -0.2) is 13.8 Å². The number of nitrogens with zero attached hydrogens (tertiary/aromatic N) is 2. The van der Waals surface area contributed by atoms with Crippen molar-refractivity contribution in [2.75, 3.05) is 7.05 Å². The third kappa shape index (κ3) is 1.76. The fourth-order valence-corrected chi connectivity index (χ4v) is 1.79. The van der Waals surface area contributed by atoms with E-state index in [1.165, 1.54) is 16.7 Å². The third-order valence-electron chi connectivity index (χ3n) is 2.63. The summed E-state index contributed by atoms with van der Waals surface area (Å²) in [6.07, 6.45) is 0. The first-order valence-corrected chi connectivity index (χ1v) is 5.10. The van der Waals surface area contributed by atoms with Crippen molar-refractivity contribution in [2.24, 2.45) is 7.05 Å². The Morgan fingerprint density at radius 3 is 2.71 bits per heavy atom. The molecule has 0 aliphatic carbocycles. The molecule has 0 unspecified atom stereocenters. The second kappa shape index (κ2) is 4.14. The molecule has 0 saturated heterocycles. The normalized spacial score (nSPS) is 11.0. The van der Waals surface area contributed by atoms with Gasteiger partial charge in [-0.1, -0.05) is 0 Å². The second-order valence-corrected chi connectivity index (χ2v) is 3.75. The summed E-state index contributed by atoms with van der Waals surface area (Å²) in [5.41, 5.74) is -0.492. The van der Waals surface area contributed by atoms with Gasteiger partial charge in [-0.05, 0) is 25.2 Å². The summed E-state index contributed by atoms with van der Waals surface area (Å²) >= 11 is 0. The number of rotatable bonds is 2. The van der Waals surface area contributed by atoms with Gasteiger partial charge >= 0.3 is 5.69 Å². The Morgan fingerprint density at radius 2 is 2.06 bits per heavy atom. The lowest BCUT2D eigenvalue weighted by Gasteiger charge is -2.09. The molecule has 0 bridgehead atoms. The molecule has 0 atom stereocenters. The first-order valence-electron chi connectivity index (χ1n) is 5.10. The summed E-state index contributed by atoms with van der Waals surface area (Å²) in [5.74, 6) is -0.496. The maximum Gasteiger partial charge on any atom is 0.332 e. The van der Waals surface area contributed by atoms with Crippen LogP contribution in [0.4, 0.5) is 4.39 Å². The molecule has 90 valence electrons. The SMILES string of the molecule is CNCn1c(=O)c2cc(F)ccc2n(C)c1=O. The Morgan fingerprint density at radius 1 is 1.35 bits per heavy atom. The van der Waals surface area contributed by atoms with Crippen LogP contribution in [0.15, 0.2) is 27.8 Å². The molecule has 17 heavy (non-hydrogen) atoms. The predicted octanol–water partition coefficient (Wildman–Crippen LogP) is 0.0162. The van der Waals surface area contributed by atoms with Crippen LogP contribution in [-0.2, 0) is 13.7 Å². The monoisotopic (exact) mass is 237 g/mol. The maximum atomic E-state index is 13.1. The molecule has 0 aliphatic heterocycles. The van der Waals surface area contributed by atoms with Crippen molar-refractivity contribution in [3.8, 4) is 0 Å². The summed E-state index contributed by atoms with van der Waals surface area (Å²) in [4.78, 5) is 23.9. The molecule has 0 saturated carbocycles. The van der Waals surface area contributed by atoms with Crippen molar-refractivity contribution in [1.82, 2.24) is 14.5 Å². The fraction of sp³-hybridized carbons (Fsp3) is 0.273. The number of fused-ring (bicyclic) bond motifs is 1. The molecule has 0 amide bonds. The molecule has 0 aliphatic rings. The number of halogens is 1. The van der Waals surface area contributed by atoms with Crippen LogP contribution in [0.3, 0.4) is 0 Å². The van der Waals surface area contributed by atoms with Gasteiger partial charge in [-0.3, -0.25) is 9.36 Å². The van der Waals surface area contributed by atoms with E-state index in [-0.39, 0.29) is 12.1 Å². The summed E-state index contributed by atoms with van der Waals surface area (Å²) in [6, 6.07) is 3.80. The molecule has 1 heterocycles. The average molecular weight is 237 g/mol.